The van der Waals surface area contributed by atoms with Gasteiger partial charge in [0.2, 0.25) is 10.0 Å². The molecule has 1 aliphatic rings. The van der Waals surface area contributed by atoms with E-state index in [2.05, 4.69) is 5.32 Å². The Morgan fingerprint density at radius 3 is 2.41 bits per heavy atom. The third-order valence-corrected chi connectivity index (χ3v) is 6.26. The predicted octanol–water partition coefficient (Wildman–Crippen LogP) is 1.82. The first kappa shape index (κ1) is 19.5. The Hall–Kier alpha value is -2.29. The summed E-state index contributed by atoms with van der Waals surface area (Å²) < 4.78 is 45.3. The number of benzene rings is 2. The minimum absolute atomic E-state index is 0.00412. The van der Waals surface area contributed by atoms with Crippen molar-refractivity contribution in [3.63, 3.8) is 0 Å². The van der Waals surface area contributed by atoms with Gasteiger partial charge in [0.1, 0.15) is 5.82 Å². The lowest BCUT2D eigenvalue weighted by atomic mass is 10.1. The third-order valence-electron chi connectivity index (χ3n) is 4.35. The van der Waals surface area contributed by atoms with E-state index in [4.69, 9.17) is 4.74 Å². The zero-order valence-electron chi connectivity index (χ0n) is 14.7. The van der Waals surface area contributed by atoms with Crippen LogP contribution in [-0.4, -0.2) is 51.5 Å². The van der Waals surface area contributed by atoms with E-state index in [-0.39, 0.29) is 10.5 Å². The van der Waals surface area contributed by atoms with Crippen LogP contribution in [0.2, 0.25) is 0 Å². The van der Waals surface area contributed by atoms with E-state index in [1.165, 1.54) is 22.5 Å². The van der Waals surface area contributed by atoms with Crippen molar-refractivity contribution in [1.82, 2.24) is 9.62 Å². The van der Waals surface area contributed by atoms with Gasteiger partial charge in [0.15, 0.2) is 0 Å². The molecule has 6 nitrogen and oxygen atoms in total. The number of ether oxygens (including phenoxy) is 1. The highest BCUT2D eigenvalue weighted by Gasteiger charge is 2.26. The molecule has 0 bridgehead atoms. The zero-order valence-corrected chi connectivity index (χ0v) is 15.5. The quantitative estimate of drug-likeness (QED) is 0.814. The minimum atomic E-state index is -3.51. The Kier molecular flexibility index (Phi) is 6.20. The molecule has 1 fully saturated rings. The van der Waals surface area contributed by atoms with E-state index >= 15 is 0 Å². The molecule has 1 N–H and O–H groups in total. The van der Waals surface area contributed by atoms with Crippen molar-refractivity contribution >= 4 is 15.9 Å². The summed E-state index contributed by atoms with van der Waals surface area (Å²) in [5.41, 5.74) is 0.884. The SMILES string of the molecule is O=C(NCCc1ccc(S(=O)(=O)N2CCOCC2)cc1)c1ccccc1F. The highest BCUT2D eigenvalue weighted by molar-refractivity contribution is 7.89. The Balaban J connectivity index is 1.56. The molecule has 2 aromatic rings. The molecule has 0 atom stereocenters. The van der Waals surface area contributed by atoms with Gasteiger partial charge in [0.05, 0.1) is 23.7 Å². The Morgan fingerprint density at radius 1 is 1.07 bits per heavy atom. The fraction of sp³-hybridized carbons (Fsp3) is 0.316. The number of hydrogen-bond acceptors (Lipinski definition) is 4. The van der Waals surface area contributed by atoms with E-state index in [0.29, 0.717) is 39.3 Å². The Bertz CT molecular complexity index is 894. The second-order valence-corrected chi connectivity index (χ2v) is 8.08. The largest absolute Gasteiger partial charge is 0.379 e. The standard InChI is InChI=1S/C19H21FN2O4S/c20-18-4-2-1-3-17(18)19(23)21-10-9-15-5-7-16(8-6-15)27(24,25)22-11-13-26-14-12-22/h1-8H,9-14H2,(H,21,23). The van der Waals surface area contributed by atoms with Gasteiger partial charge in [-0.15, -0.1) is 0 Å². The highest BCUT2D eigenvalue weighted by atomic mass is 32.2. The molecule has 27 heavy (non-hydrogen) atoms. The normalized spacial score (nSPS) is 15.4. The lowest BCUT2D eigenvalue weighted by molar-refractivity contribution is 0.0730. The zero-order chi connectivity index (χ0) is 19.3. The van der Waals surface area contributed by atoms with Crippen LogP contribution in [0, 0.1) is 5.82 Å². The molecule has 0 aromatic heterocycles. The third kappa shape index (κ3) is 4.71. The summed E-state index contributed by atoms with van der Waals surface area (Å²) in [4.78, 5) is 12.2. The molecule has 144 valence electrons. The van der Waals surface area contributed by atoms with Crippen molar-refractivity contribution in [2.24, 2.45) is 0 Å². The minimum Gasteiger partial charge on any atom is -0.379 e. The van der Waals surface area contributed by atoms with Gasteiger partial charge >= 0.3 is 0 Å². The van der Waals surface area contributed by atoms with Crippen LogP contribution in [0.15, 0.2) is 53.4 Å². The van der Waals surface area contributed by atoms with Gasteiger partial charge in [-0.1, -0.05) is 24.3 Å². The molecular formula is C19H21FN2O4S. The fourth-order valence-electron chi connectivity index (χ4n) is 2.83. The van der Waals surface area contributed by atoms with Crippen molar-refractivity contribution in [2.75, 3.05) is 32.8 Å². The van der Waals surface area contributed by atoms with Crippen LogP contribution in [0.4, 0.5) is 4.39 Å². The molecule has 3 rings (SSSR count). The average Bonchev–Trinajstić information content (AvgIpc) is 2.69. The van der Waals surface area contributed by atoms with Crippen LogP contribution in [-0.2, 0) is 21.2 Å². The summed E-state index contributed by atoms with van der Waals surface area (Å²) in [5, 5.41) is 2.67. The molecule has 1 aliphatic heterocycles. The van der Waals surface area contributed by atoms with Crippen LogP contribution in [0.25, 0.3) is 0 Å². The van der Waals surface area contributed by atoms with E-state index < -0.39 is 21.7 Å². The lowest BCUT2D eigenvalue weighted by Crippen LogP contribution is -2.40. The maximum absolute atomic E-state index is 13.6. The molecule has 1 heterocycles. The molecule has 0 radical (unpaired) electrons. The molecule has 0 saturated carbocycles. The maximum Gasteiger partial charge on any atom is 0.254 e. The number of nitrogens with zero attached hydrogens (tertiary/aromatic N) is 1. The van der Waals surface area contributed by atoms with E-state index in [1.54, 1.807) is 30.3 Å². The van der Waals surface area contributed by atoms with Crippen LogP contribution in [0.3, 0.4) is 0 Å². The predicted molar refractivity (Wildman–Crippen MR) is 98.5 cm³/mol. The number of rotatable bonds is 6. The molecule has 1 saturated heterocycles. The molecule has 0 spiro atoms. The molecule has 0 unspecified atom stereocenters. The van der Waals surface area contributed by atoms with Gasteiger partial charge in [-0.05, 0) is 36.2 Å². The number of hydrogen-bond donors (Lipinski definition) is 1. The number of morpholine rings is 1. The maximum atomic E-state index is 13.6. The molecular weight excluding hydrogens is 371 g/mol. The number of carbonyl (C=O) groups excluding carboxylic acids is 1. The molecule has 1 amide bonds. The number of sulfonamides is 1. The summed E-state index contributed by atoms with van der Waals surface area (Å²) >= 11 is 0. The van der Waals surface area contributed by atoms with Crippen LogP contribution < -0.4 is 5.32 Å². The highest BCUT2D eigenvalue weighted by Crippen LogP contribution is 2.18. The molecule has 8 heteroatoms. The topological polar surface area (TPSA) is 75.7 Å². The van der Waals surface area contributed by atoms with Gasteiger partial charge in [-0.25, -0.2) is 12.8 Å². The van der Waals surface area contributed by atoms with E-state index in [1.807, 2.05) is 0 Å². The number of amides is 1. The van der Waals surface area contributed by atoms with Crippen molar-refractivity contribution < 1.29 is 22.3 Å². The van der Waals surface area contributed by atoms with Gasteiger partial charge in [0.25, 0.3) is 5.91 Å². The van der Waals surface area contributed by atoms with E-state index in [9.17, 15) is 17.6 Å². The first-order valence-corrected chi connectivity index (χ1v) is 10.1. The summed E-state index contributed by atoms with van der Waals surface area (Å²) in [6.07, 6.45) is 0.512. The summed E-state index contributed by atoms with van der Waals surface area (Å²) in [6.45, 7) is 1.83. The molecule has 0 aliphatic carbocycles. The summed E-state index contributed by atoms with van der Waals surface area (Å²) in [5.74, 6) is -1.03. The fourth-order valence-corrected chi connectivity index (χ4v) is 4.23. The molecule has 2 aromatic carbocycles. The first-order valence-electron chi connectivity index (χ1n) is 8.68. The lowest BCUT2D eigenvalue weighted by Gasteiger charge is -2.26. The number of halogens is 1. The number of nitrogens with one attached hydrogen (secondary N) is 1. The van der Waals surface area contributed by atoms with Gasteiger partial charge in [-0.2, -0.15) is 4.31 Å². The van der Waals surface area contributed by atoms with Crippen molar-refractivity contribution in [2.45, 2.75) is 11.3 Å². The van der Waals surface area contributed by atoms with Crippen LogP contribution in [0.1, 0.15) is 15.9 Å². The van der Waals surface area contributed by atoms with Crippen LogP contribution in [0.5, 0.6) is 0 Å². The second kappa shape index (κ2) is 8.60. The second-order valence-electron chi connectivity index (χ2n) is 6.15. The van der Waals surface area contributed by atoms with Crippen molar-refractivity contribution in [1.29, 1.82) is 0 Å². The van der Waals surface area contributed by atoms with Crippen LogP contribution >= 0.6 is 0 Å². The monoisotopic (exact) mass is 392 g/mol. The van der Waals surface area contributed by atoms with Crippen molar-refractivity contribution in [3.05, 3.63) is 65.5 Å². The smallest absolute Gasteiger partial charge is 0.254 e. The Morgan fingerprint density at radius 2 is 1.74 bits per heavy atom. The first-order chi connectivity index (χ1) is 13.0. The van der Waals surface area contributed by atoms with Gasteiger partial charge < -0.3 is 10.1 Å². The summed E-state index contributed by atoms with van der Waals surface area (Å²) in [7, 11) is -3.51. The Labute approximate surface area is 158 Å². The average molecular weight is 392 g/mol. The van der Waals surface area contributed by atoms with E-state index in [0.717, 1.165) is 5.56 Å². The van der Waals surface area contributed by atoms with Crippen molar-refractivity contribution in [3.8, 4) is 0 Å². The van der Waals surface area contributed by atoms with Gasteiger partial charge in [-0.3, -0.25) is 4.79 Å². The van der Waals surface area contributed by atoms with Gasteiger partial charge in [0, 0.05) is 19.6 Å². The number of carbonyl (C=O) groups is 1. The summed E-state index contributed by atoms with van der Waals surface area (Å²) in [6, 6.07) is 12.4.